The Bertz CT molecular complexity index is 1250. The lowest BCUT2D eigenvalue weighted by Crippen LogP contribution is -2.35. The number of hydrogen-bond acceptors (Lipinski definition) is 4. The molecule has 0 N–H and O–H groups in total. The number of hydrogen-bond donors (Lipinski definition) is 0. The first-order chi connectivity index (χ1) is 16.1. The van der Waals surface area contributed by atoms with Crippen LogP contribution in [0.5, 0.6) is 0 Å². The van der Waals surface area contributed by atoms with Gasteiger partial charge in [0.1, 0.15) is 0 Å². The average Bonchev–Trinajstić information content (AvgIpc) is 3.11. The van der Waals surface area contributed by atoms with Gasteiger partial charge in [-0.25, -0.2) is 0 Å². The SMILES string of the molecule is O=C(c1ccc(C=C2SC(=O)N(Cc3ccccc3)C2=O)cc1)N1CCc2ccccc2C1. The summed E-state index contributed by atoms with van der Waals surface area (Å²) >= 11 is 0.946. The average molecular weight is 455 g/mol. The number of carbonyl (C=O) groups is 3. The predicted molar refractivity (Wildman–Crippen MR) is 129 cm³/mol. The van der Waals surface area contributed by atoms with E-state index in [0.717, 1.165) is 29.3 Å². The molecule has 5 nitrogen and oxygen atoms in total. The molecule has 164 valence electrons. The molecule has 0 unspecified atom stereocenters. The van der Waals surface area contributed by atoms with E-state index in [2.05, 4.69) is 12.1 Å². The van der Waals surface area contributed by atoms with E-state index in [-0.39, 0.29) is 23.6 Å². The highest BCUT2D eigenvalue weighted by Crippen LogP contribution is 2.33. The van der Waals surface area contributed by atoms with Crippen LogP contribution in [0.15, 0.2) is 83.8 Å². The van der Waals surface area contributed by atoms with Gasteiger partial charge in [0.2, 0.25) is 0 Å². The number of fused-ring (bicyclic) bond motifs is 1. The number of imide groups is 1. The van der Waals surface area contributed by atoms with E-state index < -0.39 is 0 Å². The Kier molecular flexibility index (Phi) is 5.84. The molecular weight excluding hydrogens is 432 g/mol. The molecule has 3 aromatic rings. The molecule has 0 aliphatic carbocycles. The van der Waals surface area contributed by atoms with Crippen LogP contribution in [0.4, 0.5) is 4.79 Å². The maximum absolute atomic E-state index is 13.0. The third kappa shape index (κ3) is 4.47. The lowest BCUT2D eigenvalue weighted by atomic mass is 9.99. The van der Waals surface area contributed by atoms with E-state index in [1.165, 1.54) is 16.0 Å². The molecule has 5 rings (SSSR count). The van der Waals surface area contributed by atoms with Crippen molar-refractivity contribution >= 4 is 34.9 Å². The maximum Gasteiger partial charge on any atom is 0.293 e. The van der Waals surface area contributed by atoms with Crippen LogP contribution in [0.1, 0.15) is 32.6 Å². The fourth-order valence-electron chi connectivity index (χ4n) is 4.13. The molecule has 6 heteroatoms. The second-order valence-electron chi connectivity index (χ2n) is 8.12. The fraction of sp³-hybridized carbons (Fsp3) is 0.148. The summed E-state index contributed by atoms with van der Waals surface area (Å²) in [6.07, 6.45) is 2.57. The van der Waals surface area contributed by atoms with Gasteiger partial charge in [0.25, 0.3) is 17.1 Å². The van der Waals surface area contributed by atoms with E-state index in [0.29, 0.717) is 23.6 Å². The van der Waals surface area contributed by atoms with Gasteiger partial charge in [0.15, 0.2) is 0 Å². The van der Waals surface area contributed by atoms with E-state index in [9.17, 15) is 14.4 Å². The molecule has 3 aromatic carbocycles. The Morgan fingerprint density at radius 3 is 2.33 bits per heavy atom. The van der Waals surface area contributed by atoms with Crippen LogP contribution in [-0.2, 0) is 24.3 Å². The Balaban J connectivity index is 1.27. The van der Waals surface area contributed by atoms with Crippen molar-refractivity contribution in [3.05, 3.63) is 112 Å². The van der Waals surface area contributed by atoms with Gasteiger partial charge in [-0.2, -0.15) is 0 Å². The van der Waals surface area contributed by atoms with E-state index >= 15 is 0 Å². The second kappa shape index (κ2) is 9.08. The molecule has 0 spiro atoms. The minimum Gasteiger partial charge on any atom is -0.334 e. The molecule has 0 saturated carbocycles. The Morgan fingerprint density at radius 2 is 1.58 bits per heavy atom. The van der Waals surface area contributed by atoms with E-state index in [1.807, 2.05) is 59.5 Å². The van der Waals surface area contributed by atoms with Crippen molar-refractivity contribution in [2.75, 3.05) is 6.54 Å². The van der Waals surface area contributed by atoms with E-state index in [4.69, 9.17) is 0 Å². The quantitative estimate of drug-likeness (QED) is 0.514. The van der Waals surface area contributed by atoms with Crippen LogP contribution < -0.4 is 0 Å². The summed E-state index contributed by atoms with van der Waals surface area (Å²) in [6, 6.07) is 24.9. The summed E-state index contributed by atoms with van der Waals surface area (Å²) in [6.45, 7) is 1.58. The smallest absolute Gasteiger partial charge is 0.293 e. The van der Waals surface area contributed by atoms with Gasteiger partial charge in [0, 0.05) is 18.7 Å². The zero-order chi connectivity index (χ0) is 22.8. The normalized spacial score (nSPS) is 16.9. The van der Waals surface area contributed by atoms with Gasteiger partial charge in [-0.15, -0.1) is 0 Å². The minimum atomic E-state index is -0.291. The zero-order valence-electron chi connectivity index (χ0n) is 17.9. The number of nitrogens with zero attached hydrogens (tertiary/aromatic N) is 2. The molecule has 1 fully saturated rings. The number of amides is 3. The highest BCUT2D eigenvalue weighted by atomic mass is 32.2. The molecule has 0 bridgehead atoms. The molecule has 2 aliphatic heterocycles. The minimum absolute atomic E-state index is 0.000706. The standard InChI is InChI=1S/C27H22N2O3S/c30-25(28-15-14-21-8-4-5-9-23(21)18-28)22-12-10-19(11-13-22)16-24-26(31)29(27(32)33-24)17-20-6-2-1-3-7-20/h1-13,16H,14-15,17-18H2. The van der Waals surface area contributed by atoms with Gasteiger partial charge in [-0.05, 0) is 58.6 Å². The van der Waals surface area contributed by atoms with Crippen molar-refractivity contribution in [2.45, 2.75) is 19.5 Å². The van der Waals surface area contributed by atoms with E-state index in [1.54, 1.807) is 18.2 Å². The maximum atomic E-state index is 13.0. The Morgan fingerprint density at radius 1 is 0.879 bits per heavy atom. The first kappa shape index (κ1) is 21.2. The Labute approximate surface area is 196 Å². The molecular formula is C27H22N2O3S. The molecule has 0 aromatic heterocycles. The van der Waals surface area contributed by atoms with Crippen LogP contribution in [0, 0.1) is 0 Å². The molecule has 2 heterocycles. The zero-order valence-corrected chi connectivity index (χ0v) is 18.8. The van der Waals surface area contributed by atoms with Crippen LogP contribution >= 0.6 is 11.8 Å². The number of carbonyl (C=O) groups excluding carboxylic acids is 3. The predicted octanol–water partition coefficient (Wildman–Crippen LogP) is 5.12. The summed E-state index contributed by atoms with van der Waals surface area (Å²) in [4.78, 5) is 41.6. The molecule has 1 saturated heterocycles. The van der Waals surface area contributed by atoms with Crippen molar-refractivity contribution in [3.8, 4) is 0 Å². The summed E-state index contributed by atoms with van der Waals surface area (Å²) in [5.74, 6) is -0.291. The fourth-order valence-corrected chi connectivity index (χ4v) is 4.97. The van der Waals surface area contributed by atoms with Crippen molar-refractivity contribution in [3.63, 3.8) is 0 Å². The number of benzene rings is 3. The highest BCUT2D eigenvalue weighted by molar-refractivity contribution is 8.18. The third-order valence-electron chi connectivity index (χ3n) is 5.93. The molecule has 3 amide bonds. The van der Waals surface area contributed by atoms with Crippen molar-refractivity contribution in [1.82, 2.24) is 9.80 Å². The highest BCUT2D eigenvalue weighted by Gasteiger charge is 2.35. The first-order valence-electron chi connectivity index (χ1n) is 10.8. The Hall–Kier alpha value is -3.64. The van der Waals surface area contributed by atoms with Crippen LogP contribution in [-0.4, -0.2) is 33.4 Å². The molecule has 2 aliphatic rings. The lowest BCUT2D eigenvalue weighted by Gasteiger charge is -2.29. The third-order valence-corrected chi connectivity index (χ3v) is 6.84. The van der Waals surface area contributed by atoms with Crippen LogP contribution in [0.25, 0.3) is 6.08 Å². The van der Waals surface area contributed by atoms with Crippen molar-refractivity contribution in [2.24, 2.45) is 0 Å². The topological polar surface area (TPSA) is 57.7 Å². The number of rotatable bonds is 4. The molecule has 0 radical (unpaired) electrons. The van der Waals surface area contributed by atoms with Gasteiger partial charge in [-0.3, -0.25) is 19.3 Å². The van der Waals surface area contributed by atoms with Crippen LogP contribution in [0.3, 0.4) is 0 Å². The molecule has 33 heavy (non-hydrogen) atoms. The largest absolute Gasteiger partial charge is 0.334 e. The second-order valence-corrected chi connectivity index (χ2v) is 9.11. The molecule has 0 atom stereocenters. The summed E-state index contributed by atoms with van der Waals surface area (Å²) in [5, 5.41) is -0.271. The number of thioether (sulfide) groups is 1. The van der Waals surface area contributed by atoms with Gasteiger partial charge >= 0.3 is 0 Å². The van der Waals surface area contributed by atoms with Gasteiger partial charge in [-0.1, -0.05) is 66.7 Å². The van der Waals surface area contributed by atoms with Crippen molar-refractivity contribution < 1.29 is 14.4 Å². The monoisotopic (exact) mass is 454 g/mol. The van der Waals surface area contributed by atoms with Crippen LogP contribution in [0.2, 0.25) is 0 Å². The van der Waals surface area contributed by atoms with Gasteiger partial charge < -0.3 is 4.90 Å². The summed E-state index contributed by atoms with van der Waals surface area (Å²) < 4.78 is 0. The van der Waals surface area contributed by atoms with Crippen molar-refractivity contribution in [1.29, 1.82) is 0 Å². The summed E-state index contributed by atoms with van der Waals surface area (Å²) in [7, 11) is 0. The summed E-state index contributed by atoms with van der Waals surface area (Å²) in [5.41, 5.74) is 4.80. The lowest BCUT2D eigenvalue weighted by molar-refractivity contribution is -0.123. The van der Waals surface area contributed by atoms with Gasteiger partial charge in [0.05, 0.1) is 11.4 Å². The first-order valence-corrected chi connectivity index (χ1v) is 11.7.